The molecule has 0 saturated heterocycles. The van der Waals surface area contributed by atoms with E-state index in [1.54, 1.807) is 25.1 Å². The van der Waals surface area contributed by atoms with Gasteiger partial charge in [-0.3, -0.25) is 4.79 Å². The molecule has 1 amide bonds. The Morgan fingerprint density at radius 3 is 2.72 bits per heavy atom. The summed E-state index contributed by atoms with van der Waals surface area (Å²) >= 11 is 0. The summed E-state index contributed by atoms with van der Waals surface area (Å²) in [6.45, 7) is 0. The molecule has 0 atom stereocenters. The molecule has 0 aromatic heterocycles. The number of anilines is 1. The highest BCUT2D eigenvalue weighted by Crippen LogP contribution is 2.42. The van der Waals surface area contributed by atoms with Gasteiger partial charge in [0.2, 0.25) is 5.91 Å². The molecule has 0 N–H and O–H groups in total. The third kappa shape index (κ3) is 1.92. The summed E-state index contributed by atoms with van der Waals surface area (Å²) in [5.41, 5.74) is -0.0569. The number of carbonyl (C=O) groups is 1. The van der Waals surface area contributed by atoms with Crippen LogP contribution >= 0.6 is 0 Å². The molecular formula is C14H16N2O2. The first kappa shape index (κ1) is 12.4. The Bertz CT molecular complexity index is 501. The van der Waals surface area contributed by atoms with Gasteiger partial charge < -0.3 is 9.64 Å². The molecule has 1 fully saturated rings. The lowest BCUT2D eigenvalue weighted by Gasteiger charge is -2.36. The second-order valence-electron chi connectivity index (χ2n) is 4.61. The van der Waals surface area contributed by atoms with Crippen LogP contribution in [0.5, 0.6) is 5.75 Å². The first-order valence-corrected chi connectivity index (χ1v) is 5.96. The van der Waals surface area contributed by atoms with Crippen molar-refractivity contribution in [1.29, 1.82) is 5.26 Å². The van der Waals surface area contributed by atoms with E-state index >= 15 is 0 Å². The second-order valence-corrected chi connectivity index (χ2v) is 4.61. The molecule has 0 aliphatic heterocycles. The predicted octanol–water partition coefficient (Wildman–Crippen LogP) is 2.35. The quantitative estimate of drug-likeness (QED) is 0.820. The predicted molar refractivity (Wildman–Crippen MR) is 68.3 cm³/mol. The molecule has 4 heteroatoms. The zero-order chi connectivity index (χ0) is 13.2. The number of nitriles is 1. The fourth-order valence-corrected chi connectivity index (χ4v) is 2.16. The minimum absolute atomic E-state index is 0.121. The van der Waals surface area contributed by atoms with E-state index in [0.717, 1.165) is 12.1 Å². The number of hydrogen-bond donors (Lipinski definition) is 0. The number of carbonyl (C=O) groups excluding carboxylic acids is 1. The molecule has 94 valence electrons. The molecule has 1 aromatic carbocycles. The zero-order valence-corrected chi connectivity index (χ0v) is 10.6. The van der Waals surface area contributed by atoms with Gasteiger partial charge in [0.15, 0.2) is 0 Å². The van der Waals surface area contributed by atoms with Crippen molar-refractivity contribution in [2.45, 2.75) is 19.3 Å². The Morgan fingerprint density at radius 2 is 2.22 bits per heavy atom. The third-order valence-electron chi connectivity index (χ3n) is 3.58. The lowest BCUT2D eigenvalue weighted by molar-refractivity contribution is -0.128. The number of rotatable bonds is 3. The van der Waals surface area contributed by atoms with E-state index in [4.69, 9.17) is 4.74 Å². The summed E-state index contributed by atoms with van der Waals surface area (Å²) < 4.78 is 5.13. The molecule has 4 nitrogen and oxygen atoms in total. The fraction of sp³-hybridized carbons (Fsp3) is 0.429. The van der Waals surface area contributed by atoms with Crippen molar-refractivity contribution in [3.05, 3.63) is 24.3 Å². The molecule has 0 unspecified atom stereocenters. The average molecular weight is 244 g/mol. The number of ether oxygens (including phenoxy) is 1. The zero-order valence-electron chi connectivity index (χ0n) is 10.6. The van der Waals surface area contributed by atoms with Gasteiger partial charge >= 0.3 is 0 Å². The molecule has 0 spiro atoms. The van der Waals surface area contributed by atoms with Crippen LogP contribution in [0.4, 0.5) is 5.69 Å². The minimum atomic E-state index is -0.808. The molecule has 0 heterocycles. The van der Waals surface area contributed by atoms with Gasteiger partial charge in [-0.25, -0.2) is 0 Å². The summed E-state index contributed by atoms with van der Waals surface area (Å²) in [6, 6.07) is 9.46. The normalized spacial score (nSPS) is 16.3. The standard InChI is InChI=1S/C14H16N2O2/c1-16(11-5-3-6-12(9-11)18-2)13(17)14(10-15)7-4-8-14/h3,5-6,9H,4,7-8H2,1-2H3. The van der Waals surface area contributed by atoms with E-state index in [2.05, 4.69) is 6.07 Å². The van der Waals surface area contributed by atoms with Crippen LogP contribution in [0.2, 0.25) is 0 Å². The van der Waals surface area contributed by atoms with Crippen LogP contribution in [-0.2, 0) is 4.79 Å². The molecular weight excluding hydrogens is 228 g/mol. The molecule has 0 bridgehead atoms. The topological polar surface area (TPSA) is 53.3 Å². The Labute approximate surface area is 107 Å². The van der Waals surface area contributed by atoms with Gasteiger partial charge in [-0.1, -0.05) is 6.07 Å². The van der Waals surface area contributed by atoms with Gasteiger partial charge in [-0.15, -0.1) is 0 Å². The lowest BCUT2D eigenvalue weighted by atomic mass is 9.69. The van der Waals surface area contributed by atoms with E-state index in [1.807, 2.05) is 18.2 Å². The maximum atomic E-state index is 12.3. The molecule has 1 aliphatic carbocycles. The molecule has 1 saturated carbocycles. The summed E-state index contributed by atoms with van der Waals surface area (Å²) in [6.07, 6.45) is 2.28. The van der Waals surface area contributed by atoms with Crippen LogP contribution in [0, 0.1) is 16.7 Å². The van der Waals surface area contributed by atoms with Gasteiger partial charge in [-0.2, -0.15) is 5.26 Å². The second kappa shape index (κ2) is 4.69. The van der Waals surface area contributed by atoms with E-state index in [-0.39, 0.29) is 5.91 Å². The van der Waals surface area contributed by atoms with Gasteiger partial charge in [-0.05, 0) is 31.4 Å². The van der Waals surface area contributed by atoms with Gasteiger partial charge in [0.05, 0.1) is 13.2 Å². The first-order chi connectivity index (χ1) is 8.63. The van der Waals surface area contributed by atoms with Crippen molar-refractivity contribution in [2.75, 3.05) is 19.1 Å². The van der Waals surface area contributed by atoms with Crippen molar-refractivity contribution < 1.29 is 9.53 Å². The Balaban J connectivity index is 2.23. The van der Waals surface area contributed by atoms with E-state index in [9.17, 15) is 10.1 Å². The first-order valence-electron chi connectivity index (χ1n) is 5.96. The van der Waals surface area contributed by atoms with E-state index in [1.165, 1.54) is 0 Å². The molecule has 18 heavy (non-hydrogen) atoms. The van der Waals surface area contributed by atoms with Crippen LogP contribution in [0.3, 0.4) is 0 Å². The summed E-state index contributed by atoms with van der Waals surface area (Å²) in [5, 5.41) is 9.18. The van der Waals surface area contributed by atoms with Crippen molar-refractivity contribution >= 4 is 11.6 Å². The molecule has 1 aliphatic rings. The van der Waals surface area contributed by atoms with E-state index in [0.29, 0.717) is 18.6 Å². The summed E-state index contributed by atoms with van der Waals surface area (Å²) in [4.78, 5) is 13.9. The fourth-order valence-electron chi connectivity index (χ4n) is 2.16. The Kier molecular flexibility index (Phi) is 3.24. The number of methoxy groups -OCH3 is 1. The monoisotopic (exact) mass is 244 g/mol. The number of nitrogens with zero attached hydrogens (tertiary/aromatic N) is 2. The van der Waals surface area contributed by atoms with Crippen LogP contribution in [0.15, 0.2) is 24.3 Å². The average Bonchev–Trinajstić information content (AvgIpc) is 2.37. The van der Waals surface area contributed by atoms with Crippen LogP contribution < -0.4 is 9.64 Å². The maximum Gasteiger partial charge on any atom is 0.247 e. The smallest absolute Gasteiger partial charge is 0.247 e. The van der Waals surface area contributed by atoms with E-state index < -0.39 is 5.41 Å². The van der Waals surface area contributed by atoms with Gasteiger partial charge in [0.1, 0.15) is 11.2 Å². The van der Waals surface area contributed by atoms with Gasteiger partial charge in [0.25, 0.3) is 0 Å². The highest BCUT2D eigenvalue weighted by molar-refractivity contribution is 5.99. The largest absolute Gasteiger partial charge is 0.497 e. The molecule has 0 radical (unpaired) electrons. The number of hydrogen-bond acceptors (Lipinski definition) is 3. The molecule has 1 aromatic rings. The minimum Gasteiger partial charge on any atom is -0.497 e. The maximum absolute atomic E-state index is 12.3. The van der Waals surface area contributed by atoms with Crippen molar-refractivity contribution in [2.24, 2.45) is 5.41 Å². The van der Waals surface area contributed by atoms with Crippen molar-refractivity contribution in [1.82, 2.24) is 0 Å². The summed E-state index contributed by atoms with van der Waals surface area (Å²) in [7, 11) is 3.29. The van der Waals surface area contributed by atoms with Crippen molar-refractivity contribution in [3.8, 4) is 11.8 Å². The van der Waals surface area contributed by atoms with Crippen LogP contribution in [0.25, 0.3) is 0 Å². The van der Waals surface area contributed by atoms with Crippen LogP contribution in [-0.4, -0.2) is 20.1 Å². The SMILES string of the molecule is COc1cccc(N(C)C(=O)C2(C#N)CCC2)c1. The third-order valence-corrected chi connectivity index (χ3v) is 3.58. The Hall–Kier alpha value is -2.02. The van der Waals surface area contributed by atoms with Crippen LogP contribution in [0.1, 0.15) is 19.3 Å². The lowest BCUT2D eigenvalue weighted by Crippen LogP contribution is -2.45. The highest BCUT2D eigenvalue weighted by atomic mass is 16.5. The summed E-state index contributed by atoms with van der Waals surface area (Å²) in [5.74, 6) is 0.580. The van der Waals surface area contributed by atoms with Gasteiger partial charge in [0, 0.05) is 18.8 Å². The van der Waals surface area contributed by atoms with Crippen molar-refractivity contribution in [3.63, 3.8) is 0 Å². The Morgan fingerprint density at radius 1 is 1.50 bits per heavy atom. The number of amides is 1. The highest BCUT2D eigenvalue weighted by Gasteiger charge is 2.46. The molecule has 2 rings (SSSR count). The number of benzene rings is 1.